The van der Waals surface area contributed by atoms with Gasteiger partial charge in [0, 0.05) is 30.7 Å². The van der Waals surface area contributed by atoms with Crippen molar-refractivity contribution in [2.45, 2.75) is 38.3 Å². The molecule has 0 unspecified atom stereocenters. The first-order valence-electron chi connectivity index (χ1n) is 12.7. The number of amides is 1. The summed E-state index contributed by atoms with van der Waals surface area (Å²) in [5.41, 5.74) is 1.47. The molecule has 2 saturated heterocycles. The van der Waals surface area contributed by atoms with Crippen molar-refractivity contribution in [1.29, 1.82) is 0 Å². The molecular weight excluding hydrogens is 472 g/mol. The third kappa shape index (κ3) is 3.98. The van der Waals surface area contributed by atoms with Crippen molar-refractivity contribution in [3.63, 3.8) is 0 Å². The van der Waals surface area contributed by atoms with E-state index in [4.69, 9.17) is 4.74 Å². The lowest BCUT2D eigenvalue weighted by Gasteiger charge is -2.36. The number of likely N-dealkylation sites (tertiary alicyclic amines) is 2. The molecule has 0 atom stereocenters. The van der Waals surface area contributed by atoms with E-state index in [1.54, 1.807) is 17.9 Å². The number of piperidine rings is 1. The molecule has 2 aliphatic rings. The Kier molecular flexibility index (Phi) is 6.23. The molecule has 2 fully saturated rings. The highest BCUT2D eigenvalue weighted by Gasteiger charge is 2.32. The maximum Gasteiger partial charge on any atom is 0.267 e. The second-order valence-corrected chi connectivity index (χ2v) is 10.7. The van der Waals surface area contributed by atoms with E-state index in [2.05, 4.69) is 9.88 Å². The van der Waals surface area contributed by atoms with Crippen LogP contribution in [0.4, 0.5) is 0 Å². The highest BCUT2D eigenvalue weighted by atomic mass is 32.1. The Balaban J connectivity index is 1.40. The lowest BCUT2D eigenvalue weighted by Crippen LogP contribution is -2.45. The monoisotopic (exact) mass is 502 g/mol. The van der Waals surface area contributed by atoms with Crippen LogP contribution < -0.4 is 10.3 Å². The zero-order valence-corrected chi connectivity index (χ0v) is 21.3. The number of rotatable bonds is 5. The minimum atomic E-state index is -0.158. The zero-order chi connectivity index (χ0) is 24.6. The fraction of sp³-hybridized carbons (Fsp3) is 0.393. The molecule has 5 heterocycles. The van der Waals surface area contributed by atoms with E-state index in [-0.39, 0.29) is 11.5 Å². The van der Waals surface area contributed by atoms with Gasteiger partial charge in [-0.05, 0) is 57.0 Å². The largest absolute Gasteiger partial charge is 0.494 e. The summed E-state index contributed by atoms with van der Waals surface area (Å²) in [6.45, 7) is 4.19. The molecule has 3 aromatic heterocycles. The standard InChI is InChI=1S/C28H30N4O3S/c1-35-24-23-25(36-26(24)28(34)31-16-11-20(12-17-31)30-14-6-7-15-30)21-9-2-3-10-22(21)32(27(23)33)18-19-8-4-5-13-29-19/h2-5,8-10,13,20H,6-7,11-12,14-18H2,1H3. The first-order chi connectivity index (χ1) is 17.7. The number of carbonyl (C=O) groups excluding carboxylic acids is 1. The van der Waals surface area contributed by atoms with Crippen LogP contribution in [-0.4, -0.2) is 64.6 Å². The average molecular weight is 503 g/mol. The van der Waals surface area contributed by atoms with E-state index in [1.165, 1.54) is 37.3 Å². The molecule has 0 radical (unpaired) electrons. The zero-order valence-electron chi connectivity index (χ0n) is 20.5. The molecule has 0 aliphatic carbocycles. The SMILES string of the molecule is COc1c(C(=O)N2CCC(N3CCCC3)CC2)sc2c1c(=O)n(Cc1ccccn1)c1ccccc21. The molecule has 36 heavy (non-hydrogen) atoms. The molecule has 1 aromatic carbocycles. The maximum atomic E-state index is 13.9. The highest BCUT2D eigenvalue weighted by Crippen LogP contribution is 2.40. The van der Waals surface area contributed by atoms with Crippen molar-refractivity contribution in [3.8, 4) is 5.75 Å². The van der Waals surface area contributed by atoms with Crippen LogP contribution in [-0.2, 0) is 6.54 Å². The Morgan fingerprint density at radius 2 is 1.81 bits per heavy atom. The van der Waals surface area contributed by atoms with Gasteiger partial charge in [-0.1, -0.05) is 24.3 Å². The van der Waals surface area contributed by atoms with Crippen molar-refractivity contribution in [2.24, 2.45) is 0 Å². The van der Waals surface area contributed by atoms with E-state index < -0.39 is 0 Å². The summed E-state index contributed by atoms with van der Waals surface area (Å²) >= 11 is 1.38. The number of fused-ring (bicyclic) bond motifs is 3. The van der Waals surface area contributed by atoms with Gasteiger partial charge in [-0.25, -0.2) is 0 Å². The first kappa shape index (κ1) is 23.2. The number of aromatic nitrogens is 2. The first-order valence-corrected chi connectivity index (χ1v) is 13.5. The summed E-state index contributed by atoms with van der Waals surface area (Å²) < 4.78 is 8.32. The number of nitrogens with zero attached hydrogens (tertiary/aromatic N) is 4. The molecule has 8 heteroatoms. The average Bonchev–Trinajstić information content (AvgIpc) is 3.60. The van der Waals surface area contributed by atoms with Gasteiger partial charge in [-0.2, -0.15) is 0 Å². The van der Waals surface area contributed by atoms with E-state index in [9.17, 15) is 9.59 Å². The molecule has 2 aliphatic heterocycles. The normalized spacial score (nSPS) is 17.3. The van der Waals surface area contributed by atoms with Crippen molar-refractivity contribution in [1.82, 2.24) is 19.4 Å². The van der Waals surface area contributed by atoms with Gasteiger partial charge in [0.2, 0.25) is 0 Å². The van der Waals surface area contributed by atoms with Crippen LogP contribution in [0, 0.1) is 0 Å². The van der Waals surface area contributed by atoms with Crippen LogP contribution in [0.5, 0.6) is 5.75 Å². The van der Waals surface area contributed by atoms with E-state index >= 15 is 0 Å². The molecule has 1 amide bonds. The number of thiophene rings is 1. The minimum Gasteiger partial charge on any atom is -0.494 e. The maximum absolute atomic E-state index is 13.9. The molecule has 186 valence electrons. The van der Waals surface area contributed by atoms with Crippen LogP contribution in [0.25, 0.3) is 21.0 Å². The Morgan fingerprint density at radius 1 is 1.06 bits per heavy atom. The number of hydrogen-bond acceptors (Lipinski definition) is 6. The molecule has 0 saturated carbocycles. The number of para-hydroxylation sites is 1. The number of hydrogen-bond donors (Lipinski definition) is 0. The van der Waals surface area contributed by atoms with Gasteiger partial charge in [-0.3, -0.25) is 14.6 Å². The number of benzene rings is 1. The molecule has 6 rings (SSSR count). The van der Waals surface area contributed by atoms with E-state index in [1.807, 2.05) is 47.4 Å². The molecule has 0 bridgehead atoms. The minimum absolute atomic E-state index is 0.0346. The van der Waals surface area contributed by atoms with Gasteiger partial charge in [0.25, 0.3) is 11.5 Å². The highest BCUT2D eigenvalue weighted by molar-refractivity contribution is 7.22. The predicted molar refractivity (Wildman–Crippen MR) is 143 cm³/mol. The van der Waals surface area contributed by atoms with Crippen LogP contribution in [0.15, 0.2) is 53.5 Å². The molecule has 4 aromatic rings. The third-order valence-corrected chi connectivity index (χ3v) is 8.81. The van der Waals surface area contributed by atoms with E-state index in [0.717, 1.165) is 47.2 Å². The molecule has 0 N–H and O–H groups in total. The predicted octanol–water partition coefficient (Wildman–Crippen LogP) is 4.37. The van der Waals surface area contributed by atoms with Gasteiger partial charge < -0.3 is 19.1 Å². The topological polar surface area (TPSA) is 67.7 Å². The van der Waals surface area contributed by atoms with Crippen LogP contribution in [0.2, 0.25) is 0 Å². The fourth-order valence-electron chi connectivity index (χ4n) is 5.78. The second-order valence-electron chi connectivity index (χ2n) is 9.66. The van der Waals surface area contributed by atoms with Crippen molar-refractivity contribution >= 4 is 38.2 Å². The van der Waals surface area contributed by atoms with Crippen LogP contribution >= 0.6 is 11.3 Å². The van der Waals surface area contributed by atoms with Crippen LogP contribution in [0.1, 0.15) is 41.0 Å². The lowest BCUT2D eigenvalue weighted by molar-refractivity contribution is 0.0646. The van der Waals surface area contributed by atoms with Gasteiger partial charge in [0.1, 0.15) is 10.3 Å². The lowest BCUT2D eigenvalue weighted by atomic mass is 10.0. The third-order valence-electron chi connectivity index (χ3n) is 7.62. The Morgan fingerprint density at radius 3 is 2.53 bits per heavy atom. The summed E-state index contributed by atoms with van der Waals surface area (Å²) in [6.07, 6.45) is 6.29. The smallest absolute Gasteiger partial charge is 0.267 e. The number of ether oxygens (including phenoxy) is 1. The summed E-state index contributed by atoms with van der Waals surface area (Å²) in [6, 6.07) is 14.1. The van der Waals surface area contributed by atoms with E-state index in [0.29, 0.717) is 28.6 Å². The summed E-state index contributed by atoms with van der Waals surface area (Å²) in [4.78, 5) is 37.0. The van der Waals surface area contributed by atoms with Crippen molar-refractivity contribution in [2.75, 3.05) is 33.3 Å². The number of pyridine rings is 2. The fourth-order valence-corrected chi connectivity index (χ4v) is 7.04. The molecule has 0 spiro atoms. The molecular formula is C28H30N4O3S. The van der Waals surface area contributed by atoms with Crippen molar-refractivity contribution < 1.29 is 9.53 Å². The number of carbonyl (C=O) groups is 1. The summed E-state index contributed by atoms with van der Waals surface area (Å²) in [5, 5.41) is 1.42. The number of methoxy groups -OCH3 is 1. The Labute approximate surface area is 213 Å². The Hall–Kier alpha value is -3.23. The summed E-state index contributed by atoms with van der Waals surface area (Å²) in [5.74, 6) is 0.361. The summed E-state index contributed by atoms with van der Waals surface area (Å²) in [7, 11) is 1.55. The van der Waals surface area contributed by atoms with Gasteiger partial charge >= 0.3 is 0 Å². The second kappa shape index (κ2) is 9.67. The van der Waals surface area contributed by atoms with Gasteiger partial charge in [-0.15, -0.1) is 11.3 Å². The molecule has 7 nitrogen and oxygen atoms in total. The van der Waals surface area contributed by atoms with Gasteiger partial charge in [0.05, 0.1) is 29.6 Å². The van der Waals surface area contributed by atoms with Crippen molar-refractivity contribution in [3.05, 3.63) is 69.6 Å². The van der Waals surface area contributed by atoms with Crippen LogP contribution in [0.3, 0.4) is 0 Å². The quantitative estimate of drug-likeness (QED) is 0.406. The van der Waals surface area contributed by atoms with Gasteiger partial charge in [0.15, 0.2) is 5.75 Å². The Bertz CT molecular complexity index is 1470.